The van der Waals surface area contributed by atoms with E-state index in [1.54, 1.807) is 0 Å². The molecule has 1 atom stereocenters. The molecule has 23 heavy (non-hydrogen) atoms. The number of fused-ring (bicyclic) bond motifs is 1. The number of nitrogens with one attached hydrogen (secondary N) is 1. The third-order valence-corrected chi connectivity index (χ3v) is 5.13. The van der Waals surface area contributed by atoms with E-state index < -0.39 is 0 Å². The van der Waals surface area contributed by atoms with Gasteiger partial charge in [0.15, 0.2) is 5.16 Å². The highest BCUT2D eigenvalue weighted by Gasteiger charge is 2.29. The molecule has 0 radical (unpaired) electrons. The first-order valence-electron chi connectivity index (χ1n) is 7.75. The van der Waals surface area contributed by atoms with Crippen LogP contribution in [0, 0.1) is 0 Å². The summed E-state index contributed by atoms with van der Waals surface area (Å²) < 4.78 is 2.02. The predicted molar refractivity (Wildman–Crippen MR) is 91.4 cm³/mol. The molecule has 1 aliphatic carbocycles. The van der Waals surface area contributed by atoms with E-state index in [9.17, 15) is 4.79 Å². The molecule has 0 spiro atoms. The molecule has 2 aromatic heterocycles. The molecule has 1 saturated carbocycles. The maximum atomic E-state index is 12.7. The SMILES string of the molecule is O=C(NC1CC1)[C@@H](Sc1ncc2ccccn12)c1ccccc1. The van der Waals surface area contributed by atoms with Gasteiger partial charge in [-0.05, 0) is 30.5 Å². The van der Waals surface area contributed by atoms with Crippen molar-refractivity contribution in [3.8, 4) is 0 Å². The first kappa shape index (κ1) is 14.3. The summed E-state index contributed by atoms with van der Waals surface area (Å²) in [5, 5.41) is 3.66. The summed E-state index contributed by atoms with van der Waals surface area (Å²) in [6.07, 6.45) is 5.99. The number of pyridine rings is 1. The van der Waals surface area contributed by atoms with Gasteiger partial charge in [0, 0.05) is 12.2 Å². The van der Waals surface area contributed by atoms with Gasteiger partial charge in [0.1, 0.15) is 5.25 Å². The van der Waals surface area contributed by atoms with Crippen molar-refractivity contribution in [2.45, 2.75) is 29.3 Å². The molecule has 0 saturated heterocycles. The quantitative estimate of drug-likeness (QED) is 0.732. The highest BCUT2D eigenvalue weighted by atomic mass is 32.2. The molecule has 1 N–H and O–H groups in total. The molecule has 1 amide bonds. The largest absolute Gasteiger partial charge is 0.352 e. The maximum absolute atomic E-state index is 12.7. The van der Waals surface area contributed by atoms with E-state index in [4.69, 9.17) is 0 Å². The molecular weight excluding hydrogens is 306 g/mol. The zero-order valence-electron chi connectivity index (χ0n) is 12.6. The Bertz CT molecular complexity index is 826. The van der Waals surface area contributed by atoms with Crippen LogP contribution < -0.4 is 5.32 Å². The number of carbonyl (C=O) groups excluding carboxylic acids is 1. The fourth-order valence-corrected chi connectivity index (χ4v) is 3.59. The van der Waals surface area contributed by atoms with Crippen LogP contribution in [-0.2, 0) is 4.79 Å². The molecule has 116 valence electrons. The minimum atomic E-state index is -0.289. The normalized spacial score (nSPS) is 15.5. The van der Waals surface area contributed by atoms with Crippen LogP contribution in [0.1, 0.15) is 23.7 Å². The van der Waals surface area contributed by atoms with Crippen LogP contribution in [-0.4, -0.2) is 21.3 Å². The highest BCUT2D eigenvalue weighted by molar-refractivity contribution is 8.00. The molecule has 4 rings (SSSR count). The lowest BCUT2D eigenvalue weighted by molar-refractivity contribution is -0.120. The fourth-order valence-electron chi connectivity index (χ4n) is 2.52. The zero-order valence-corrected chi connectivity index (χ0v) is 13.4. The van der Waals surface area contributed by atoms with E-state index >= 15 is 0 Å². The number of nitrogens with zero attached hydrogens (tertiary/aromatic N) is 2. The zero-order chi connectivity index (χ0) is 15.6. The number of hydrogen-bond donors (Lipinski definition) is 1. The van der Waals surface area contributed by atoms with Gasteiger partial charge in [-0.3, -0.25) is 9.20 Å². The van der Waals surface area contributed by atoms with Crippen LogP contribution in [0.4, 0.5) is 0 Å². The van der Waals surface area contributed by atoms with Gasteiger partial charge in [0.25, 0.3) is 0 Å². The summed E-state index contributed by atoms with van der Waals surface area (Å²) in [7, 11) is 0. The van der Waals surface area contributed by atoms with Gasteiger partial charge in [0.2, 0.25) is 5.91 Å². The summed E-state index contributed by atoms with van der Waals surface area (Å²) in [6, 6.07) is 16.2. The summed E-state index contributed by atoms with van der Waals surface area (Å²) in [6.45, 7) is 0. The van der Waals surface area contributed by atoms with Crippen molar-refractivity contribution in [1.29, 1.82) is 0 Å². The molecule has 0 unspecified atom stereocenters. The monoisotopic (exact) mass is 323 g/mol. The lowest BCUT2D eigenvalue weighted by Crippen LogP contribution is -2.29. The first-order valence-corrected chi connectivity index (χ1v) is 8.63. The summed E-state index contributed by atoms with van der Waals surface area (Å²) in [5.41, 5.74) is 2.03. The Balaban J connectivity index is 1.65. The van der Waals surface area contributed by atoms with Crippen LogP contribution >= 0.6 is 11.8 Å². The number of imidazole rings is 1. The third-order valence-electron chi connectivity index (χ3n) is 3.89. The molecule has 0 aliphatic heterocycles. The van der Waals surface area contributed by atoms with Crippen LogP contribution in [0.5, 0.6) is 0 Å². The van der Waals surface area contributed by atoms with Crippen molar-refractivity contribution in [3.05, 3.63) is 66.5 Å². The maximum Gasteiger partial charge on any atom is 0.238 e. The minimum absolute atomic E-state index is 0.0661. The first-order chi connectivity index (χ1) is 11.3. The average Bonchev–Trinajstić information content (AvgIpc) is 3.31. The summed E-state index contributed by atoms with van der Waals surface area (Å²) in [5.74, 6) is 0.0661. The number of rotatable bonds is 5. The summed E-state index contributed by atoms with van der Waals surface area (Å²) in [4.78, 5) is 17.2. The van der Waals surface area contributed by atoms with E-state index in [-0.39, 0.29) is 11.2 Å². The molecule has 1 fully saturated rings. The van der Waals surface area contributed by atoms with Gasteiger partial charge >= 0.3 is 0 Å². The van der Waals surface area contributed by atoms with E-state index in [0.29, 0.717) is 6.04 Å². The Morgan fingerprint density at radius 1 is 1.17 bits per heavy atom. The van der Waals surface area contributed by atoms with Gasteiger partial charge in [0.05, 0.1) is 11.7 Å². The summed E-state index contributed by atoms with van der Waals surface area (Å²) >= 11 is 1.50. The van der Waals surface area contributed by atoms with Crippen LogP contribution in [0.2, 0.25) is 0 Å². The van der Waals surface area contributed by atoms with Crippen LogP contribution in [0.3, 0.4) is 0 Å². The van der Waals surface area contributed by atoms with Crippen molar-refractivity contribution < 1.29 is 4.79 Å². The number of aromatic nitrogens is 2. The van der Waals surface area contributed by atoms with Gasteiger partial charge in [-0.25, -0.2) is 4.98 Å². The van der Waals surface area contributed by atoms with Crippen molar-refractivity contribution in [3.63, 3.8) is 0 Å². The third kappa shape index (κ3) is 3.10. The lowest BCUT2D eigenvalue weighted by Gasteiger charge is -2.16. The Kier molecular flexibility index (Phi) is 3.79. The minimum Gasteiger partial charge on any atom is -0.352 e. The smallest absolute Gasteiger partial charge is 0.238 e. The van der Waals surface area contributed by atoms with Gasteiger partial charge < -0.3 is 5.32 Å². The Morgan fingerprint density at radius 2 is 1.96 bits per heavy atom. The van der Waals surface area contributed by atoms with E-state index in [2.05, 4.69) is 10.3 Å². The second-order valence-electron chi connectivity index (χ2n) is 5.73. The molecule has 3 aromatic rings. The standard InChI is InChI=1S/C18H17N3OS/c22-17(20-14-9-10-14)16(13-6-2-1-3-7-13)23-18-19-12-15-8-4-5-11-21(15)18/h1-8,11-12,14,16H,9-10H2,(H,20,22)/t16-/m0/s1. The second kappa shape index (κ2) is 6.08. The van der Waals surface area contributed by atoms with E-state index in [1.165, 1.54) is 11.8 Å². The van der Waals surface area contributed by atoms with Crippen molar-refractivity contribution in [2.75, 3.05) is 0 Å². The molecular formula is C18H17N3OS. The number of hydrogen-bond acceptors (Lipinski definition) is 3. The van der Waals surface area contributed by atoms with Gasteiger partial charge in [-0.1, -0.05) is 48.2 Å². The van der Waals surface area contributed by atoms with Crippen molar-refractivity contribution in [1.82, 2.24) is 14.7 Å². The Morgan fingerprint density at radius 3 is 2.74 bits per heavy atom. The second-order valence-corrected chi connectivity index (χ2v) is 6.80. The van der Waals surface area contributed by atoms with Crippen molar-refractivity contribution >= 4 is 23.2 Å². The molecule has 1 aliphatic rings. The van der Waals surface area contributed by atoms with Gasteiger partial charge in [-0.15, -0.1) is 0 Å². The predicted octanol–water partition coefficient (Wildman–Crippen LogP) is 3.45. The molecule has 0 bridgehead atoms. The number of benzene rings is 1. The van der Waals surface area contributed by atoms with Crippen molar-refractivity contribution in [2.24, 2.45) is 0 Å². The molecule has 5 heteroatoms. The molecule has 4 nitrogen and oxygen atoms in total. The highest BCUT2D eigenvalue weighted by Crippen LogP contribution is 2.35. The Hall–Kier alpha value is -2.27. The Labute approximate surface area is 138 Å². The number of thioether (sulfide) groups is 1. The van der Waals surface area contributed by atoms with Crippen LogP contribution in [0.25, 0.3) is 5.52 Å². The fraction of sp³-hybridized carbons (Fsp3) is 0.222. The van der Waals surface area contributed by atoms with E-state index in [0.717, 1.165) is 29.1 Å². The lowest BCUT2D eigenvalue weighted by atomic mass is 10.1. The number of carbonyl (C=O) groups is 1. The average molecular weight is 323 g/mol. The van der Waals surface area contributed by atoms with E-state index in [1.807, 2.05) is 65.3 Å². The topological polar surface area (TPSA) is 46.4 Å². The van der Waals surface area contributed by atoms with Gasteiger partial charge in [-0.2, -0.15) is 0 Å². The van der Waals surface area contributed by atoms with Crippen LogP contribution in [0.15, 0.2) is 66.1 Å². The number of amides is 1. The molecule has 1 aromatic carbocycles. The molecule has 2 heterocycles.